The molecular formula is C21H28N4O5. The maximum absolute atomic E-state index is 12.8. The van der Waals surface area contributed by atoms with Crippen LogP contribution in [-0.2, 0) is 9.59 Å². The summed E-state index contributed by atoms with van der Waals surface area (Å²) < 4.78 is 11.0. The first-order chi connectivity index (χ1) is 14.6. The van der Waals surface area contributed by atoms with Gasteiger partial charge in [0.1, 0.15) is 19.3 Å². The molecule has 1 saturated heterocycles. The van der Waals surface area contributed by atoms with E-state index in [0.717, 1.165) is 25.7 Å². The summed E-state index contributed by atoms with van der Waals surface area (Å²) >= 11 is 0. The lowest BCUT2D eigenvalue weighted by atomic mass is 9.85. The predicted octanol–water partition coefficient (Wildman–Crippen LogP) is 1.63. The zero-order chi connectivity index (χ0) is 21.1. The van der Waals surface area contributed by atoms with Crippen LogP contribution >= 0.6 is 0 Å². The molecule has 9 nitrogen and oxygen atoms in total. The van der Waals surface area contributed by atoms with Gasteiger partial charge in [0.25, 0.3) is 0 Å². The number of carbonyl (C=O) groups excluding carboxylic acids is 3. The molecule has 0 bridgehead atoms. The van der Waals surface area contributed by atoms with Crippen LogP contribution in [0.1, 0.15) is 39.0 Å². The molecule has 3 N–H and O–H groups in total. The lowest BCUT2D eigenvalue weighted by Crippen LogP contribution is -2.69. The highest BCUT2D eigenvalue weighted by Crippen LogP contribution is 2.33. The Bertz CT molecular complexity index is 830. The van der Waals surface area contributed by atoms with Crippen molar-refractivity contribution in [2.45, 2.75) is 57.2 Å². The number of benzene rings is 1. The minimum atomic E-state index is -0.840. The molecule has 4 amide bonds. The standard InChI is InChI=1S/C21H28N4O5/c1-2-22-21(28)25-15-6-4-3-5-14(15)24-20(27)16(25)12-19(26)23-13-7-8-17-18(11-13)30-10-9-29-17/h7-8,11,14-16H,2-6,9-10,12H2,1H3,(H,22,28)(H,23,26)(H,24,27)/t14-,15-,16+/m1/s1. The number of rotatable bonds is 4. The fraction of sp³-hybridized carbons (Fsp3) is 0.571. The summed E-state index contributed by atoms with van der Waals surface area (Å²) in [5.41, 5.74) is 0.556. The lowest BCUT2D eigenvalue weighted by Gasteiger charge is -2.47. The van der Waals surface area contributed by atoms with Gasteiger partial charge >= 0.3 is 6.03 Å². The molecule has 0 radical (unpaired) electrons. The van der Waals surface area contributed by atoms with Crippen molar-refractivity contribution in [2.75, 3.05) is 25.1 Å². The average molecular weight is 416 g/mol. The summed E-state index contributed by atoms with van der Waals surface area (Å²) in [5, 5.41) is 8.64. The van der Waals surface area contributed by atoms with E-state index in [9.17, 15) is 14.4 Å². The normalized spacial score (nSPS) is 25.0. The van der Waals surface area contributed by atoms with E-state index in [2.05, 4.69) is 16.0 Å². The minimum Gasteiger partial charge on any atom is -0.486 e. The van der Waals surface area contributed by atoms with Gasteiger partial charge in [0.15, 0.2) is 11.5 Å². The van der Waals surface area contributed by atoms with E-state index in [0.29, 0.717) is 36.9 Å². The Labute approximate surface area is 175 Å². The van der Waals surface area contributed by atoms with Crippen LogP contribution in [0.4, 0.5) is 10.5 Å². The number of fused-ring (bicyclic) bond motifs is 2. The van der Waals surface area contributed by atoms with Crippen molar-refractivity contribution in [1.82, 2.24) is 15.5 Å². The average Bonchev–Trinajstić information content (AvgIpc) is 2.74. The van der Waals surface area contributed by atoms with Crippen LogP contribution in [0.2, 0.25) is 0 Å². The number of piperazine rings is 1. The molecule has 2 aliphatic heterocycles. The van der Waals surface area contributed by atoms with Gasteiger partial charge in [-0.05, 0) is 31.9 Å². The highest BCUT2D eigenvalue weighted by molar-refractivity contribution is 5.97. The maximum Gasteiger partial charge on any atom is 0.318 e. The first kappa shape index (κ1) is 20.3. The van der Waals surface area contributed by atoms with Crippen LogP contribution in [0.3, 0.4) is 0 Å². The molecule has 4 rings (SSSR count). The van der Waals surface area contributed by atoms with Crippen LogP contribution in [0.15, 0.2) is 18.2 Å². The summed E-state index contributed by atoms with van der Waals surface area (Å²) in [5.74, 6) is 0.595. The summed E-state index contributed by atoms with van der Waals surface area (Å²) in [4.78, 5) is 39.9. The zero-order valence-corrected chi connectivity index (χ0v) is 17.1. The summed E-state index contributed by atoms with van der Waals surface area (Å²) in [6, 6.07) is 3.90. The van der Waals surface area contributed by atoms with Gasteiger partial charge in [0, 0.05) is 24.3 Å². The van der Waals surface area contributed by atoms with E-state index in [1.54, 1.807) is 23.1 Å². The second-order valence-electron chi connectivity index (χ2n) is 7.84. The minimum absolute atomic E-state index is 0.0500. The van der Waals surface area contributed by atoms with Crippen LogP contribution in [-0.4, -0.2) is 60.6 Å². The third-order valence-electron chi connectivity index (χ3n) is 5.82. The number of anilines is 1. The molecule has 30 heavy (non-hydrogen) atoms. The van der Waals surface area contributed by atoms with E-state index in [4.69, 9.17) is 9.47 Å². The van der Waals surface area contributed by atoms with Gasteiger partial charge in [0.05, 0.1) is 12.5 Å². The summed E-state index contributed by atoms with van der Waals surface area (Å²) in [6.45, 7) is 3.25. The lowest BCUT2D eigenvalue weighted by molar-refractivity contribution is -0.135. The number of carbonyl (C=O) groups is 3. The Morgan fingerprint density at radius 2 is 1.93 bits per heavy atom. The number of nitrogens with one attached hydrogen (secondary N) is 3. The van der Waals surface area contributed by atoms with Crippen LogP contribution in [0, 0.1) is 0 Å². The molecule has 1 aromatic rings. The smallest absolute Gasteiger partial charge is 0.318 e. The Balaban J connectivity index is 1.48. The van der Waals surface area contributed by atoms with Gasteiger partial charge in [-0.3, -0.25) is 9.59 Å². The van der Waals surface area contributed by atoms with Crippen LogP contribution in [0.25, 0.3) is 0 Å². The molecule has 1 aliphatic carbocycles. The van der Waals surface area contributed by atoms with Gasteiger partial charge in [-0.2, -0.15) is 0 Å². The molecule has 162 valence electrons. The molecule has 1 saturated carbocycles. The fourth-order valence-corrected chi connectivity index (χ4v) is 4.48. The van der Waals surface area contributed by atoms with Gasteiger partial charge in [-0.25, -0.2) is 4.79 Å². The van der Waals surface area contributed by atoms with Gasteiger partial charge in [-0.1, -0.05) is 12.8 Å². The molecule has 2 fully saturated rings. The quantitative estimate of drug-likeness (QED) is 0.691. The fourth-order valence-electron chi connectivity index (χ4n) is 4.48. The molecule has 2 heterocycles. The SMILES string of the molecule is CCNC(=O)N1[C@@H]2CCCC[C@H]2NC(=O)[C@@H]1CC(=O)Nc1ccc2c(c1)OCCO2. The summed E-state index contributed by atoms with van der Waals surface area (Å²) in [7, 11) is 0. The van der Waals surface area contributed by atoms with Crippen LogP contribution < -0.4 is 25.4 Å². The van der Waals surface area contributed by atoms with Gasteiger partial charge in [-0.15, -0.1) is 0 Å². The second-order valence-corrected chi connectivity index (χ2v) is 7.84. The Morgan fingerprint density at radius 3 is 2.73 bits per heavy atom. The van der Waals surface area contributed by atoms with E-state index >= 15 is 0 Å². The number of hydrogen-bond acceptors (Lipinski definition) is 5. The largest absolute Gasteiger partial charge is 0.486 e. The Kier molecular flexibility index (Phi) is 5.96. The van der Waals surface area contributed by atoms with Crippen LogP contribution in [0.5, 0.6) is 11.5 Å². The van der Waals surface area contributed by atoms with Crippen molar-refractivity contribution in [1.29, 1.82) is 0 Å². The molecule has 9 heteroatoms. The first-order valence-corrected chi connectivity index (χ1v) is 10.6. The monoisotopic (exact) mass is 416 g/mol. The number of hydrogen-bond donors (Lipinski definition) is 3. The molecule has 3 aliphatic rings. The van der Waals surface area contributed by atoms with E-state index in [1.165, 1.54) is 0 Å². The van der Waals surface area contributed by atoms with Crippen molar-refractivity contribution in [2.24, 2.45) is 0 Å². The molecule has 0 unspecified atom stereocenters. The number of urea groups is 1. The second kappa shape index (κ2) is 8.81. The predicted molar refractivity (Wildman–Crippen MR) is 110 cm³/mol. The van der Waals surface area contributed by atoms with Crippen molar-refractivity contribution in [3.8, 4) is 11.5 Å². The maximum atomic E-state index is 12.8. The number of amides is 4. The van der Waals surface area contributed by atoms with E-state index < -0.39 is 6.04 Å². The van der Waals surface area contributed by atoms with Crippen molar-refractivity contribution < 1.29 is 23.9 Å². The molecule has 0 aromatic heterocycles. The number of ether oxygens (including phenoxy) is 2. The Morgan fingerprint density at radius 1 is 1.17 bits per heavy atom. The highest BCUT2D eigenvalue weighted by atomic mass is 16.6. The number of nitrogens with zero attached hydrogens (tertiary/aromatic N) is 1. The van der Waals surface area contributed by atoms with Gasteiger partial charge in [0.2, 0.25) is 11.8 Å². The topological polar surface area (TPSA) is 109 Å². The summed E-state index contributed by atoms with van der Waals surface area (Å²) in [6.07, 6.45) is 3.59. The van der Waals surface area contributed by atoms with Crippen molar-refractivity contribution >= 4 is 23.5 Å². The molecule has 3 atom stereocenters. The van der Waals surface area contributed by atoms with E-state index in [1.807, 2.05) is 6.92 Å². The molecular weight excluding hydrogens is 388 g/mol. The van der Waals surface area contributed by atoms with Gasteiger partial charge < -0.3 is 30.3 Å². The molecule has 1 aromatic carbocycles. The third kappa shape index (κ3) is 4.15. The first-order valence-electron chi connectivity index (χ1n) is 10.6. The van der Waals surface area contributed by atoms with Crippen molar-refractivity contribution in [3.63, 3.8) is 0 Å². The third-order valence-corrected chi connectivity index (χ3v) is 5.82. The zero-order valence-electron chi connectivity index (χ0n) is 17.1. The molecule has 0 spiro atoms. The van der Waals surface area contributed by atoms with E-state index in [-0.39, 0.29) is 36.3 Å². The van der Waals surface area contributed by atoms with Crippen molar-refractivity contribution in [3.05, 3.63) is 18.2 Å². The Hall–Kier alpha value is -2.97. The highest BCUT2D eigenvalue weighted by Gasteiger charge is 2.45.